The average Bonchev–Trinajstić information content (AvgIpc) is 3.25. The van der Waals surface area contributed by atoms with Crippen molar-refractivity contribution in [3.8, 4) is 11.6 Å². The van der Waals surface area contributed by atoms with Crippen LogP contribution in [0.15, 0.2) is 70.8 Å². The SMILES string of the molecule is C=CCn1c(SCc2ccc(Cl)cc2Cl)nnc1-c1cc2ccccc2o1. The highest BCUT2D eigenvalue weighted by molar-refractivity contribution is 7.98. The van der Waals surface area contributed by atoms with Crippen LogP contribution in [-0.4, -0.2) is 14.8 Å². The van der Waals surface area contributed by atoms with Crippen LogP contribution in [0.25, 0.3) is 22.6 Å². The molecule has 27 heavy (non-hydrogen) atoms. The molecule has 4 aromatic rings. The summed E-state index contributed by atoms with van der Waals surface area (Å²) in [6.45, 7) is 4.42. The third-order valence-corrected chi connectivity index (χ3v) is 5.65. The summed E-state index contributed by atoms with van der Waals surface area (Å²) in [5, 5.41) is 11.8. The summed E-state index contributed by atoms with van der Waals surface area (Å²) in [6.07, 6.45) is 1.81. The molecule has 0 aliphatic carbocycles. The molecule has 0 N–H and O–H groups in total. The van der Waals surface area contributed by atoms with Gasteiger partial charge in [0, 0.05) is 27.7 Å². The average molecular weight is 416 g/mol. The van der Waals surface area contributed by atoms with Crippen molar-refractivity contribution in [1.29, 1.82) is 0 Å². The molecule has 0 radical (unpaired) electrons. The highest BCUT2D eigenvalue weighted by Gasteiger charge is 2.17. The Bertz CT molecular complexity index is 1090. The summed E-state index contributed by atoms with van der Waals surface area (Å²) in [7, 11) is 0. The predicted octanol–water partition coefficient (Wildman–Crippen LogP) is 6.48. The van der Waals surface area contributed by atoms with Crippen molar-refractivity contribution in [1.82, 2.24) is 14.8 Å². The van der Waals surface area contributed by atoms with Gasteiger partial charge < -0.3 is 4.42 Å². The Labute approximate surface area is 170 Å². The maximum absolute atomic E-state index is 6.27. The number of nitrogens with zero attached hydrogens (tertiary/aromatic N) is 3. The quantitative estimate of drug-likeness (QED) is 0.267. The predicted molar refractivity (Wildman–Crippen MR) is 111 cm³/mol. The van der Waals surface area contributed by atoms with Gasteiger partial charge in [-0.1, -0.05) is 65.3 Å². The molecule has 0 spiro atoms. The zero-order chi connectivity index (χ0) is 18.8. The van der Waals surface area contributed by atoms with Crippen LogP contribution >= 0.6 is 35.0 Å². The molecule has 4 rings (SSSR count). The Balaban J connectivity index is 1.64. The molecule has 2 heterocycles. The summed E-state index contributed by atoms with van der Waals surface area (Å²) in [6, 6.07) is 15.3. The molecular weight excluding hydrogens is 401 g/mol. The Morgan fingerprint density at radius 2 is 1.96 bits per heavy atom. The molecule has 136 valence electrons. The van der Waals surface area contributed by atoms with E-state index < -0.39 is 0 Å². The Morgan fingerprint density at radius 3 is 2.74 bits per heavy atom. The zero-order valence-corrected chi connectivity index (χ0v) is 16.6. The molecular formula is C20H15Cl2N3OS. The molecule has 0 atom stereocenters. The van der Waals surface area contributed by atoms with E-state index in [2.05, 4.69) is 16.8 Å². The van der Waals surface area contributed by atoms with Crippen LogP contribution in [0.4, 0.5) is 0 Å². The van der Waals surface area contributed by atoms with Gasteiger partial charge in [0.2, 0.25) is 5.82 Å². The fourth-order valence-corrected chi connectivity index (χ4v) is 4.25. The number of hydrogen-bond acceptors (Lipinski definition) is 4. The minimum atomic E-state index is 0.579. The van der Waals surface area contributed by atoms with E-state index in [-0.39, 0.29) is 0 Å². The number of allylic oxidation sites excluding steroid dienone is 1. The maximum Gasteiger partial charge on any atom is 0.200 e. The van der Waals surface area contributed by atoms with Crippen LogP contribution in [0.3, 0.4) is 0 Å². The number of furan rings is 1. The van der Waals surface area contributed by atoms with Gasteiger partial charge in [0.05, 0.1) is 0 Å². The molecule has 0 fully saturated rings. The van der Waals surface area contributed by atoms with Gasteiger partial charge in [0.25, 0.3) is 0 Å². The number of benzene rings is 2. The van der Waals surface area contributed by atoms with Crippen LogP contribution in [-0.2, 0) is 12.3 Å². The summed E-state index contributed by atoms with van der Waals surface area (Å²) >= 11 is 13.8. The topological polar surface area (TPSA) is 43.9 Å². The van der Waals surface area contributed by atoms with Crippen LogP contribution < -0.4 is 0 Å². The lowest BCUT2D eigenvalue weighted by molar-refractivity contribution is 0.613. The van der Waals surface area contributed by atoms with E-state index in [1.165, 1.54) is 0 Å². The van der Waals surface area contributed by atoms with E-state index in [9.17, 15) is 0 Å². The largest absolute Gasteiger partial charge is 0.453 e. The molecule has 0 unspecified atom stereocenters. The van der Waals surface area contributed by atoms with Gasteiger partial charge in [0.15, 0.2) is 10.9 Å². The number of para-hydroxylation sites is 1. The Morgan fingerprint density at radius 1 is 1.11 bits per heavy atom. The van der Waals surface area contributed by atoms with Crippen molar-refractivity contribution in [3.05, 3.63) is 76.8 Å². The molecule has 7 heteroatoms. The van der Waals surface area contributed by atoms with Gasteiger partial charge >= 0.3 is 0 Å². The number of aromatic nitrogens is 3. The van der Waals surface area contributed by atoms with Crippen molar-refractivity contribution in [3.63, 3.8) is 0 Å². The second-order valence-corrected chi connectivity index (χ2v) is 7.66. The molecule has 0 saturated heterocycles. The third-order valence-electron chi connectivity index (χ3n) is 4.05. The van der Waals surface area contributed by atoms with Crippen LogP contribution in [0.5, 0.6) is 0 Å². The van der Waals surface area contributed by atoms with Crippen molar-refractivity contribution in [2.75, 3.05) is 0 Å². The van der Waals surface area contributed by atoms with Gasteiger partial charge in [-0.05, 0) is 29.8 Å². The Kier molecular flexibility index (Phi) is 5.25. The Hall–Kier alpha value is -2.21. The highest BCUT2D eigenvalue weighted by atomic mass is 35.5. The van der Waals surface area contributed by atoms with Gasteiger partial charge in [-0.2, -0.15) is 0 Å². The van der Waals surface area contributed by atoms with E-state index in [0.717, 1.165) is 21.7 Å². The van der Waals surface area contributed by atoms with Crippen molar-refractivity contribution < 1.29 is 4.42 Å². The monoisotopic (exact) mass is 415 g/mol. The number of rotatable bonds is 6. The first-order valence-electron chi connectivity index (χ1n) is 8.25. The minimum Gasteiger partial charge on any atom is -0.453 e. The molecule has 0 amide bonds. The molecule has 4 nitrogen and oxygen atoms in total. The molecule has 2 aromatic carbocycles. The maximum atomic E-state index is 6.27. The smallest absolute Gasteiger partial charge is 0.200 e. The van der Waals surface area contributed by atoms with Gasteiger partial charge in [-0.15, -0.1) is 16.8 Å². The first-order valence-corrected chi connectivity index (χ1v) is 9.99. The molecule has 0 aliphatic heterocycles. The van der Waals surface area contributed by atoms with Gasteiger partial charge in [-0.25, -0.2) is 0 Å². The van der Waals surface area contributed by atoms with Crippen LogP contribution in [0, 0.1) is 0 Å². The first kappa shape index (κ1) is 18.2. The van der Waals surface area contributed by atoms with Crippen molar-refractivity contribution >= 4 is 45.9 Å². The van der Waals surface area contributed by atoms with E-state index in [4.69, 9.17) is 27.6 Å². The zero-order valence-electron chi connectivity index (χ0n) is 14.2. The molecule has 0 aliphatic rings. The molecule has 0 saturated carbocycles. The van der Waals surface area contributed by atoms with Crippen LogP contribution in [0.1, 0.15) is 5.56 Å². The number of halogens is 2. The number of thioether (sulfide) groups is 1. The third kappa shape index (κ3) is 3.76. The van der Waals surface area contributed by atoms with Crippen LogP contribution in [0.2, 0.25) is 10.0 Å². The van der Waals surface area contributed by atoms with Gasteiger partial charge in [-0.3, -0.25) is 4.57 Å². The summed E-state index contributed by atoms with van der Waals surface area (Å²) < 4.78 is 7.93. The molecule has 2 aromatic heterocycles. The standard InChI is InChI=1S/C20H15Cl2N3OS/c1-2-9-25-19(18-10-13-5-3-4-6-17(13)26-18)23-24-20(25)27-12-14-7-8-15(21)11-16(14)22/h2-8,10-11H,1,9,12H2. The lowest BCUT2D eigenvalue weighted by Crippen LogP contribution is -2.00. The second-order valence-electron chi connectivity index (χ2n) is 5.88. The van der Waals surface area contributed by atoms with E-state index >= 15 is 0 Å². The summed E-state index contributed by atoms with van der Waals surface area (Å²) in [4.78, 5) is 0. The first-order chi connectivity index (χ1) is 13.2. The van der Waals surface area contributed by atoms with Gasteiger partial charge in [0.1, 0.15) is 5.58 Å². The normalized spacial score (nSPS) is 11.2. The lowest BCUT2D eigenvalue weighted by Gasteiger charge is -2.07. The van der Waals surface area contributed by atoms with Crippen molar-refractivity contribution in [2.24, 2.45) is 0 Å². The fourth-order valence-electron chi connectivity index (χ4n) is 2.74. The van der Waals surface area contributed by atoms with E-state index in [0.29, 0.717) is 33.9 Å². The molecule has 0 bridgehead atoms. The second kappa shape index (κ2) is 7.80. The van der Waals surface area contributed by atoms with E-state index in [1.807, 2.05) is 53.1 Å². The summed E-state index contributed by atoms with van der Waals surface area (Å²) in [5.74, 6) is 2.02. The number of fused-ring (bicyclic) bond motifs is 1. The summed E-state index contributed by atoms with van der Waals surface area (Å²) in [5.41, 5.74) is 1.81. The fraction of sp³-hybridized carbons (Fsp3) is 0.100. The van der Waals surface area contributed by atoms with E-state index in [1.54, 1.807) is 17.8 Å². The number of hydrogen-bond donors (Lipinski definition) is 0. The highest BCUT2D eigenvalue weighted by Crippen LogP contribution is 2.32. The van der Waals surface area contributed by atoms with Crippen molar-refractivity contribution in [2.45, 2.75) is 17.5 Å². The minimum absolute atomic E-state index is 0.579. The lowest BCUT2D eigenvalue weighted by atomic mass is 10.2.